The Morgan fingerprint density at radius 1 is 1.25 bits per heavy atom. The van der Waals surface area contributed by atoms with Crippen LogP contribution in [-0.4, -0.2) is 18.4 Å². The van der Waals surface area contributed by atoms with Crippen LogP contribution in [0.3, 0.4) is 0 Å². The summed E-state index contributed by atoms with van der Waals surface area (Å²) >= 11 is 0. The molecule has 108 valence electrons. The zero-order chi connectivity index (χ0) is 14.5. The first kappa shape index (κ1) is 14.6. The maximum atomic E-state index is 5.93. The van der Waals surface area contributed by atoms with Gasteiger partial charge in [0, 0.05) is 13.0 Å². The molecule has 0 unspecified atom stereocenters. The molecule has 4 nitrogen and oxygen atoms in total. The molecule has 1 aromatic heterocycles. The lowest BCUT2D eigenvalue weighted by atomic mass is 9.98. The van der Waals surface area contributed by atoms with E-state index in [1.807, 2.05) is 6.92 Å². The Bertz CT molecular complexity index is 544. The van der Waals surface area contributed by atoms with E-state index in [2.05, 4.69) is 43.3 Å². The number of hydrogen-bond acceptors (Lipinski definition) is 4. The van der Waals surface area contributed by atoms with Crippen LogP contribution in [0.5, 0.6) is 0 Å². The van der Waals surface area contributed by atoms with Crippen molar-refractivity contribution in [2.24, 2.45) is 0 Å². The van der Waals surface area contributed by atoms with Crippen molar-refractivity contribution in [1.82, 2.24) is 5.16 Å². The van der Waals surface area contributed by atoms with Crippen LogP contribution in [0.1, 0.15) is 38.0 Å². The molecule has 2 aromatic rings. The van der Waals surface area contributed by atoms with E-state index in [0.29, 0.717) is 31.4 Å². The Morgan fingerprint density at radius 2 is 1.95 bits per heavy atom. The van der Waals surface area contributed by atoms with Crippen LogP contribution in [0.25, 0.3) is 11.1 Å². The molecule has 2 N–H and O–H groups in total. The second-order valence-corrected chi connectivity index (χ2v) is 5.09. The number of anilines is 1. The minimum atomic E-state index is 0.439. The van der Waals surface area contributed by atoms with Crippen molar-refractivity contribution in [3.63, 3.8) is 0 Å². The molecule has 0 amide bonds. The molecule has 0 saturated carbocycles. The number of hydrogen-bond donors (Lipinski definition) is 1. The molecule has 0 aliphatic rings. The van der Waals surface area contributed by atoms with Gasteiger partial charge in [0.1, 0.15) is 5.76 Å². The molecule has 0 radical (unpaired) electrons. The molecular formula is C16H22N2O2. The zero-order valence-corrected chi connectivity index (χ0v) is 12.3. The molecule has 4 heteroatoms. The predicted octanol–water partition coefficient (Wildman–Crippen LogP) is 3.63. The Hall–Kier alpha value is -1.81. The van der Waals surface area contributed by atoms with Gasteiger partial charge in [-0.05, 0) is 24.0 Å². The second kappa shape index (κ2) is 6.57. The first-order valence-electron chi connectivity index (χ1n) is 7.05. The Balaban J connectivity index is 2.24. The van der Waals surface area contributed by atoms with Gasteiger partial charge in [0.05, 0.1) is 12.2 Å². The molecule has 0 atom stereocenters. The third-order valence-electron chi connectivity index (χ3n) is 3.33. The van der Waals surface area contributed by atoms with Gasteiger partial charge in [-0.2, -0.15) is 0 Å². The Kier molecular flexibility index (Phi) is 4.79. The monoisotopic (exact) mass is 274 g/mol. The van der Waals surface area contributed by atoms with Crippen molar-refractivity contribution in [3.05, 3.63) is 35.6 Å². The van der Waals surface area contributed by atoms with Gasteiger partial charge in [0.15, 0.2) is 5.82 Å². The van der Waals surface area contributed by atoms with Crippen LogP contribution < -0.4 is 5.73 Å². The predicted molar refractivity (Wildman–Crippen MR) is 80.6 cm³/mol. The highest BCUT2D eigenvalue weighted by Gasteiger charge is 2.15. The fraction of sp³-hybridized carbons (Fsp3) is 0.438. The highest BCUT2D eigenvalue weighted by atomic mass is 16.5. The number of nitrogens with zero attached hydrogens (tertiary/aromatic N) is 1. The molecule has 1 aromatic carbocycles. The minimum Gasteiger partial charge on any atom is -0.381 e. The first-order chi connectivity index (χ1) is 9.63. The lowest BCUT2D eigenvalue weighted by Crippen LogP contribution is -1.99. The minimum absolute atomic E-state index is 0.439. The topological polar surface area (TPSA) is 61.3 Å². The highest BCUT2D eigenvalue weighted by molar-refractivity contribution is 5.75. The summed E-state index contributed by atoms with van der Waals surface area (Å²) in [5.41, 5.74) is 9.17. The number of benzene rings is 1. The van der Waals surface area contributed by atoms with Gasteiger partial charge < -0.3 is 15.0 Å². The molecule has 20 heavy (non-hydrogen) atoms. The van der Waals surface area contributed by atoms with Crippen LogP contribution in [0.15, 0.2) is 28.8 Å². The quantitative estimate of drug-likeness (QED) is 0.817. The number of nitrogen functional groups attached to an aromatic ring is 1. The summed E-state index contributed by atoms with van der Waals surface area (Å²) in [7, 11) is 0. The first-order valence-corrected chi connectivity index (χ1v) is 7.05. The van der Waals surface area contributed by atoms with Gasteiger partial charge in [-0.15, -0.1) is 0 Å². The van der Waals surface area contributed by atoms with Gasteiger partial charge in [0.25, 0.3) is 0 Å². The molecule has 0 fully saturated rings. The number of ether oxygens (including phenoxy) is 1. The van der Waals surface area contributed by atoms with Crippen LogP contribution in [-0.2, 0) is 11.2 Å². The van der Waals surface area contributed by atoms with E-state index in [9.17, 15) is 0 Å². The molecule has 1 heterocycles. The highest BCUT2D eigenvalue weighted by Crippen LogP contribution is 2.31. The molecule has 0 bridgehead atoms. The van der Waals surface area contributed by atoms with Crippen LogP contribution >= 0.6 is 0 Å². The zero-order valence-electron chi connectivity index (χ0n) is 12.3. The SMILES string of the molecule is CCOCCc1onc(N)c1-c1ccc(C(C)C)cc1. The molecule has 2 rings (SSSR count). The third kappa shape index (κ3) is 3.20. The van der Waals surface area contributed by atoms with Crippen LogP contribution in [0.4, 0.5) is 5.82 Å². The largest absolute Gasteiger partial charge is 0.381 e. The lowest BCUT2D eigenvalue weighted by molar-refractivity contribution is 0.145. The van der Waals surface area contributed by atoms with Gasteiger partial charge in [0.2, 0.25) is 0 Å². The molecule has 0 aliphatic heterocycles. The Labute approximate surface area is 119 Å². The lowest BCUT2D eigenvalue weighted by Gasteiger charge is -2.07. The van der Waals surface area contributed by atoms with E-state index in [1.165, 1.54) is 5.56 Å². The molecule has 0 saturated heterocycles. The van der Waals surface area contributed by atoms with Crippen molar-refractivity contribution in [3.8, 4) is 11.1 Å². The van der Waals surface area contributed by atoms with Crippen molar-refractivity contribution in [2.75, 3.05) is 18.9 Å². The van der Waals surface area contributed by atoms with E-state index in [-0.39, 0.29) is 0 Å². The normalized spacial score (nSPS) is 11.2. The maximum Gasteiger partial charge on any atom is 0.175 e. The van der Waals surface area contributed by atoms with E-state index in [1.54, 1.807) is 0 Å². The summed E-state index contributed by atoms with van der Waals surface area (Å²) < 4.78 is 10.7. The van der Waals surface area contributed by atoms with E-state index in [4.69, 9.17) is 15.0 Å². The summed E-state index contributed by atoms with van der Waals surface area (Å²) in [6.45, 7) is 7.64. The average molecular weight is 274 g/mol. The van der Waals surface area contributed by atoms with E-state index in [0.717, 1.165) is 16.9 Å². The summed E-state index contributed by atoms with van der Waals surface area (Å²) in [6.07, 6.45) is 0.680. The van der Waals surface area contributed by atoms with Crippen LogP contribution in [0, 0.1) is 0 Å². The smallest absolute Gasteiger partial charge is 0.175 e. The summed E-state index contributed by atoms with van der Waals surface area (Å²) in [5, 5.41) is 3.88. The van der Waals surface area contributed by atoms with E-state index < -0.39 is 0 Å². The van der Waals surface area contributed by atoms with Crippen LogP contribution in [0.2, 0.25) is 0 Å². The molecule has 0 spiro atoms. The Morgan fingerprint density at radius 3 is 2.55 bits per heavy atom. The van der Waals surface area contributed by atoms with Gasteiger partial charge in [-0.25, -0.2) is 0 Å². The summed E-state index contributed by atoms with van der Waals surface area (Å²) in [6, 6.07) is 8.39. The number of rotatable bonds is 6. The van der Waals surface area contributed by atoms with Crippen molar-refractivity contribution in [2.45, 2.75) is 33.1 Å². The van der Waals surface area contributed by atoms with Crippen molar-refractivity contribution in [1.29, 1.82) is 0 Å². The summed E-state index contributed by atoms with van der Waals surface area (Å²) in [4.78, 5) is 0. The summed E-state index contributed by atoms with van der Waals surface area (Å²) in [5.74, 6) is 1.74. The molecule has 0 aliphatic carbocycles. The number of nitrogens with two attached hydrogens (primary N) is 1. The maximum absolute atomic E-state index is 5.93. The van der Waals surface area contributed by atoms with Gasteiger partial charge >= 0.3 is 0 Å². The third-order valence-corrected chi connectivity index (χ3v) is 3.33. The second-order valence-electron chi connectivity index (χ2n) is 5.09. The fourth-order valence-corrected chi connectivity index (χ4v) is 2.16. The number of aromatic nitrogens is 1. The van der Waals surface area contributed by atoms with Crippen molar-refractivity contribution >= 4 is 5.82 Å². The van der Waals surface area contributed by atoms with Crippen molar-refractivity contribution < 1.29 is 9.26 Å². The standard InChI is InChI=1S/C16H22N2O2/c1-4-19-10-9-14-15(16(17)18-20-14)13-7-5-12(6-8-13)11(2)3/h5-8,11H,4,9-10H2,1-3H3,(H2,17,18). The van der Waals surface area contributed by atoms with E-state index >= 15 is 0 Å². The fourth-order valence-electron chi connectivity index (χ4n) is 2.16. The van der Waals surface area contributed by atoms with Gasteiger partial charge in [-0.1, -0.05) is 43.3 Å². The molecular weight excluding hydrogens is 252 g/mol. The average Bonchev–Trinajstić information content (AvgIpc) is 2.80. The van der Waals surface area contributed by atoms with Gasteiger partial charge in [-0.3, -0.25) is 0 Å².